The summed E-state index contributed by atoms with van der Waals surface area (Å²) in [5, 5.41) is 4.77. The zero-order valence-electron chi connectivity index (χ0n) is 29.3. The van der Waals surface area contributed by atoms with Gasteiger partial charge in [0.1, 0.15) is 5.82 Å². The third kappa shape index (κ3) is 5.60. The van der Waals surface area contributed by atoms with Crippen molar-refractivity contribution in [3.63, 3.8) is 0 Å². The summed E-state index contributed by atoms with van der Waals surface area (Å²) < 4.78 is 11.3. The number of rotatable bonds is 5. The molecule has 6 aromatic carbocycles. The molecule has 3 aromatic heterocycles. The minimum Gasteiger partial charge on any atom is -0.509 e. The molecule has 10 rings (SSSR count). The molecule has 0 amide bonds. The van der Waals surface area contributed by atoms with Crippen molar-refractivity contribution < 1.29 is 25.8 Å². The second-order valence-corrected chi connectivity index (χ2v) is 15.2. The molecule has 0 saturated carbocycles. The van der Waals surface area contributed by atoms with Gasteiger partial charge in [-0.3, -0.25) is 0 Å². The summed E-state index contributed by atoms with van der Waals surface area (Å²) in [6, 6.07) is 53.8. The van der Waals surface area contributed by atoms with Crippen molar-refractivity contribution >= 4 is 76.1 Å². The molecule has 0 radical (unpaired) electrons. The molecule has 0 aliphatic carbocycles. The molecule has 0 spiro atoms. The molecule has 4 heterocycles. The van der Waals surface area contributed by atoms with Crippen molar-refractivity contribution in [2.24, 2.45) is 0 Å². The fourth-order valence-corrected chi connectivity index (χ4v) is 8.58. The van der Waals surface area contributed by atoms with Gasteiger partial charge in [-0.2, -0.15) is 12.1 Å². The first kappa shape index (κ1) is 33.4. The van der Waals surface area contributed by atoms with Gasteiger partial charge in [-0.05, 0) is 58.8 Å². The Morgan fingerprint density at radius 1 is 0.679 bits per heavy atom. The molecule has 1 aliphatic heterocycles. The summed E-state index contributed by atoms with van der Waals surface area (Å²) in [7, 11) is 0. The predicted molar refractivity (Wildman–Crippen MR) is 216 cm³/mol. The number of para-hydroxylation sites is 2. The van der Waals surface area contributed by atoms with Gasteiger partial charge in [0.15, 0.2) is 0 Å². The van der Waals surface area contributed by atoms with Crippen LogP contribution in [0.3, 0.4) is 0 Å². The number of benzene rings is 6. The van der Waals surface area contributed by atoms with E-state index in [2.05, 4.69) is 169 Å². The molecule has 0 atom stereocenters. The van der Waals surface area contributed by atoms with E-state index in [0.29, 0.717) is 11.5 Å². The van der Waals surface area contributed by atoms with Crippen LogP contribution in [0.4, 0.5) is 22.7 Å². The van der Waals surface area contributed by atoms with Crippen LogP contribution in [0.5, 0.6) is 11.5 Å². The SMILES string of the molecule is CC(C)(C)c1ccnc(-n2c3[c-]c(Oc4[c-]c(N5[CH-]N(c6ccccc6)c6ccc7c(sc8ccccc87)c65)ccc4)ccc3c3ccccc32)c1.[Pt]. The van der Waals surface area contributed by atoms with Crippen molar-refractivity contribution in [2.75, 3.05) is 9.80 Å². The maximum Gasteiger partial charge on any atom is 0.135 e. The van der Waals surface area contributed by atoms with Crippen molar-refractivity contribution in [2.45, 2.75) is 26.2 Å². The van der Waals surface area contributed by atoms with Crippen LogP contribution in [0.1, 0.15) is 26.3 Å². The Kier molecular flexibility index (Phi) is 8.14. The van der Waals surface area contributed by atoms with Crippen molar-refractivity contribution in [1.82, 2.24) is 9.55 Å². The zero-order valence-corrected chi connectivity index (χ0v) is 32.4. The van der Waals surface area contributed by atoms with E-state index in [4.69, 9.17) is 9.72 Å². The molecule has 0 unspecified atom stereocenters. The van der Waals surface area contributed by atoms with Crippen LogP contribution in [-0.4, -0.2) is 9.55 Å². The van der Waals surface area contributed by atoms with Crippen LogP contribution in [0.25, 0.3) is 47.8 Å². The van der Waals surface area contributed by atoms with Gasteiger partial charge in [-0.25, -0.2) is 4.98 Å². The Hall–Kier alpha value is -5.42. The number of pyridine rings is 1. The van der Waals surface area contributed by atoms with Crippen LogP contribution in [0.2, 0.25) is 0 Å². The molecular formula is C46H33N4OPtS-3. The quantitative estimate of drug-likeness (QED) is 0.161. The number of hydrogen-bond acceptors (Lipinski definition) is 5. The number of ether oxygens (including phenoxy) is 1. The molecule has 5 nitrogen and oxygen atoms in total. The number of aromatic nitrogens is 2. The maximum atomic E-state index is 6.59. The second-order valence-electron chi connectivity index (χ2n) is 14.2. The minimum absolute atomic E-state index is 0. The fraction of sp³-hybridized carbons (Fsp3) is 0.0870. The monoisotopic (exact) mass is 884 g/mol. The van der Waals surface area contributed by atoms with Crippen LogP contribution in [0, 0.1) is 18.8 Å². The summed E-state index contributed by atoms with van der Waals surface area (Å²) in [5.74, 6) is 2.08. The number of nitrogens with zero attached hydrogens (tertiary/aromatic N) is 4. The first-order valence-electron chi connectivity index (χ1n) is 17.5. The average molecular weight is 885 g/mol. The molecule has 0 bridgehead atoms. The van der Waals surface area contributed by atoms with E-state index in [1.807, 2.05) is 35.7 Å². The minimum atomic E-state index is -0.0105. The van der Waals surface area contributed by atoms with E-state index in [-0.39, 0.29) is 26.5 Å². The van der Waals surface area contributed by atoms with Gasteiger partial charge in [0.05, 0.1) is 10.4 Å². The van der Waals surface area contributed by atoms with Gasteiger partial charge in [0, 0.05) is 71.1 Å². The van der Waals surface area contributed by atoms with Crippen LogP contribution < -0.4 is 14.5 Å². The zero-order chi connectivity index (χ0) is 35.0. The summed E-state index contributed by atoms with van der Waals surface area (Å²) in [5.41, 5.74) is 7.46. The van der Waals surface area contributed by atoms with Gasteiger partial charge in [-0.15, -0.1) is 59.4 Å². The van der Waals surface area contributed by atoms with E-state index in [0.717, 1.165) is 50.4 Å². The van der Waals surface area contributed by atoms with E-state index < -0.39 is 0 Å². The Morgan fingerprint density at radius 3 is 2.28 bits per heavy atom. The van der Waals surface area contributed by atoms with Gasteiger partial charge in [-0.1, -0.05) is 87.0 Å². The van der Waals surface area contributed by atoms with E-state index in [9.17, 15) is 0 Å². The third-order valence-electron chi connectivity index (χ3n) is 9.90. The van der Waals surface area contributed by atoms with Crippen LogP contribution in [-0.2, 0) is 26.5 Å². The van der Waals surface area contributed by atoms with Crippen molar-refractivity contribution in [3.8, 4) is 17.3 Å². The molecule has 0 N–H and O–H groups in total. The normalized spacial score (nSPS) is 12.9. The van der Waals surface area contributed by atoms with Crippen LogP contribution >= 0.6 is 11.3 Å². The Labute approximate surface area is 327 Å². The van der Waals surface area contributed by atoms with Gasteiger partial charge >= 0.3 is 0 Å². The van der Waals surface area contributed by atoms with E-state index in [1.54, 1.807) is 0 Å². The van der Waals surface area contributed by atoms with Crippen molar-refractivity contribution in [1.29, 1.82) is 0 Å². The molecule has 9 aromatic rings. The molecule has 53 heavy (non-hydrogen) atoms. The molecule has 262 valence electrons. The number of thiophene rings is 1. The molecule has 0 fully saturated rings. The summed E-state index contributed by atoms with van der Waals surface area (Å²) in [6.45, 7) is 8.84. The number of fused-ring (bicyclic) bond motifs is 8. The summed E-state index contributed by atoms with van der Waals surface area (Å²) >= 11 is 1.83. The van der Waals surface area contributed by atoms with E-state index >= 15 is 0 Å². The van der Waals surface area contributed by atoms with Gasteiger partial charge < -0.3 is 19.1 Å². The Balaban J connectivity index is 0.00000372. The number of hydrogen-bond donors (Lipinski definition) is 0. The maximum absolute atomic E-state index is 6.59. The summed E-state index contributed by atoms with van der Waals surface area (Å²) in [6.07, 6.45) is 1.90. The molecule has 7 heteroatoms. The predicted octanol–water partition coefficient (Wildman–Crippen LogP) is 12.6. The number of anilines is 4. The Bertz CT molecular complexity index is 2820. The molecule has 1 aliphatic rings. The molecular weight excluding hydrogens is 852 g/mol. The summed E-state index contributed by atoms with van der Waals surface area (Å²) in [4.78, 5) is 9.33. The first-order valence-corrected chi connectivity index (χ1v) is 18.3. The Morgan fingerprint density at radius 2 is 1.43 bits per heavy atom. The second kappa shape index (κ2) is 12.9. The van der Waals surface area contributed by atoms with Gasteiger partial charge in [0.25, 0.3) is 0 Å². The van der Waals surface area contributed by atoms with Gasteiger partial charge in [0.2, 0.25) is 0 Å². The van der Waals surface area contributed by atoms with Crippen LogP contribution in [0.15, 0.2) is 140 Å². The molecule has 0 saturated heterocycles. The standard InChI is InChI=1S/C46H33N4OS.Pt/c1-46(2,3)30-24-25-47-43(26-30)50-39-18-9-7-16-35(39)36-21-20-34(28-41(36)50)51-33-15-11-14-32(27-33)49-29-48(31-12-5-4-6-13-31)40-23-22-38-37-17-8-10-19-42(37)52-45(38)44(40)49;/h4-26,29H,1-3H3;/q-3;. The smallest absolute Gasteiger partial charge is 0.135 e. The third-order valence-corrected chi connectivity index (χ3v) is 11.1. The van der Waals surface area contributed by atoms with E-state index in [1.165, 1.54) is 25.7 Å². The first-order chi connectivity index (χ1) is 25.4. The average Bonchev–Trinajstić information content (AvgIpc) is 3.85. The largest absolute Gasteiger partial charge is 0.509 e. The van der Waals surface area contributed by atoms with Crippen molar-refractivity contribution in [3.05, 3.63) is 164 Å². The topological polar surface area (TPSA) is 33.5 Å². The fourth-order valence-electron chi connectivity index (χ4n) is 7.34.